The van der Waals surface area contributed by atoms with Crippen LogP contribution in [0.15, 0.2) is 12.3 Å². The van der Waals surface area contributed by atoms with Crippen LogP contribution >= 0.6 is 11.6 Å². The number of aliphatic carboxylic acids is 1. The van der Waals surface area contributed by atoms with Gasteiger partial charge in [0.25, 0.3) is 5.91 Å². The lowest BCUT2D eigenvalue weighted by Crippen LogP contribution is -2.29. The summed E-state index contributed by atoms with van der Waals surface area (Å²) in [6, 6.07) is 1.50. The Balaban J connectivity index is 2.57. The van der Waals surface area contributed by atoms with E-state index in [9.17, 15) is 9.59 Å². The van der Waals surface area contributed by atoms with Gasteiger partial charge in [-0.25, -0.2) is 0 Å². The topological polar surface area (TPSA) is 73.4 Å². The molecular weight excluding hydrogens is 220 g/mol. The van der Waals surface area contributed by atoms with Gasteiger partial charge >= 0.3 is 5.97 Å². The fourth-order valence-electron chi connectivity index (χ4n) is 1.06. The van der Waals surface area contributed by atoms with Gasteiger partial charge in [0, 0.05) is 19.8 Å². The summed E-state index contributed by atoms with van der Waals surface area (Å²) in [5, 5.41) is 8.90. The molecule has 1 aromatic rings. The number of halogens is 1. The molecule has 1 aromatic heterocycles. The number of aromatic nitrogens is 1. The van der Waals surface area contributed by atoms with Crippen LogP contribution < -0.4 is 0 Å². The molecule has 0 aromatic carbocycles. The molecule has 15 heavy (non-hydrogen) atoms. The quantitative estimate of drug-likeness (QED) is 0.817. The molecule has 0 bridgehead atoms. The molecule has 82 valence electrons. The van der Waals surface area contributed by atoms with Crippen LogP contribution in [0.1, 0.15) is 16.9 Å². The Labute approximate surface area is 91.6 Å². The minimum absolute atomic E-state index is 0.0727. The number of amides is 1. The Morgan fingerprint density at radius 1 is 1.60 bits per heavy atom. The molecule has 0 aliphatic rings. The number of carboxylic acid groups (broad SMARTS) is 1. The second-order valence-electron chi connectivity index (χ2n) is 3.10. The third kappa shape index (κ3) is 3.28. The molecule has 0 unspecified atom stereocenters. The van der Waals surface area contributed by atoms with Crippen LogP contribution in [-0.4, -0.2) is 40.5 Å². The summed E-state index contributed by atoms with van der Waals surface area (Å²) in [7, 11) is 1.54. The van der Waals surface area contributed by atoms with Crippen molar-refractivity contribution in [2.24, 2.45) is 0 Å². The SMILES string of the molecule is CN(CCC(=O)O)C(=O)c1cc(Cl)c[nH]1. The normalized spacial score (nSPS) is 10.0. The van der Waals surface area contributed by atoms with E-state index in [2.05, 4.69) is 4.98 Å². The van der Waals surface area contributed by atoms with E-state index in [4.69, 9.17) is 16.7 Å². The first-order valence-corrected chi connectivity index (χ1v) is 4.69. The first-order chi connectivity index (χ1) is 7.00. The third-order valence-corrected chi connectivity index (χ3v) is 2.10. The number of H-pyrrole nitrogens is 1. The first-order valence-electron chi connectivity index (χ1n) is 4.32. The highest BCUT2D eigenvalue weighted by molar-refractivity contribution is 6.30. The van der Waals surface area contributed by atoms with Gasteiger partial charge < -0.3 is 15.0 Å². The maximum Gasteiger partial charge on any atom is 0.305 e. The summed E-state index contributed by atoms with van der Waals surface area (Å²) in [6.07, 6.45) is 1.43. The summed E-state index contributed by atoms with van der Waals surface area (Å²) >= 11 is 5.64. The average Bonchev–Trinajstić information content (AvgIpc) is 2.60. The van der Waals surface area contributed by atoms with Gasteiger partial charge in [-0.3, -0.25) is 9.59 Å². The van der Waals surface area contributed by atoms with Gasteiger partial charge in [-0.2, -0.15) is 0 Å². The number of hydrogen-bond donors (Lipinski definition) is 2. The van der Waals surface area contributed by atoms with Crippen LogP contribution in [0, 0.1) is 0 Å². The molecule has 0 aliphatic carbocycles. The van der Waals surface area contributed by atoms with Crippen LogP contribution in [0.4, 0.5) is 0 Å². The molecule has 0 radical (unpaired) electrons. The zero-order valence-electron chi connectivity index (χ0n) is 8.16. The number of nitrogens with zero attached hydrogens (tertiary/aromatic N) is 1. The van der Waals surface area contributed by atoms with Crippen molar-refractivity contribution in [1.82, 2.24) is 9.88 Å². The molecule has 6 heteroatoms. The Kier molecular flexibility index (Phi) is 3.74. The van der Waals surface area contributed by atoms with E-state index < -0.39 is 5.97 Å². The molecule has 1 amide bonds. The standard InChI is InChI=1S/C9H11ClN2O3/c1-12(3-2-8(13)14)9(15)7-4-6(10)5-11-7/h4-5,11H,2-3H2,1H3,(H,13,14). The first kappa shape index (κ1) is 11.6. The van der Waals surface area contributed by atoms with Crippen LogP contribution in [-0.2, 0) is 4.79 Å². The molecule has 0 aliphatic heterocycles. The lowest BCUT2D eigenvalue weighted by molar-refractivity contribution is -0.137. The molecule has 0 saturated heterocycles. The highest BCUT2D eigenvalue weighted by Gasteiger charge is 2.14. The third-order valence-electron chi connectivity index (χ3n) is 1.89. The molecular formula is C9H11ClN2O3. The molecule has 1 heterocycles. The van der Waals surface area contributed by atoms with Gasteiger partial charge in [0.15, 0.2) is 0 Å². The van der Waals surface area contributed by atoms with Crippen LogP contribution in [0.3, 0.4) is 0 Å². The minimum atomic E-state index is -0.931. The van der Waals surface area contributed by atoms with Crippen molar-refractivity contribution in [3.63, 3.8) is 0 Å². The van der Waals surface area contributed by atoms with Gasteiger partial charge in [0.2, 0.25) is 0 Å². The predicted molar refractivity (Wildman–Crippen MR) is 55.0 cm³/mol. The number of aromatic amines is 1. The zero-order chi connectivity index (χ0) is 11.4. The molecule has 0 atom stereocenters. The molecule has 0 spiro atoms. The van der Waals surface area contributed by atoms with Crippen molar-refractivity contribution in [2.45, 2.75) is 6.42 Å². The van der Waals surface area contributed by atoms with Crippen molar-refractivity contribution in [1.29, 1.82) is 0 Å². The van der Waals surface area contributed by atoms with Gasteiger partial charge in [-0.15, -0.1) is 0 Å². The van der Waals surface area contributed by atoms with E-state index in [-0.39, 0.29) is 18.9 Å². The molecule has 5 nitrogen and oxygen atoms in total. The van der Waals surface area contributed by atoms with E-state index >= 15 is 0 Å². The highest BCUT2D eigenvalue weighted by atomic mass is 35.5. The molecule has 0 fully saturated rings. The van der Waals surface area contributed by atoms with Crippen molar-refractivity contribution < 1.29 is 14.7 Å². The van der Waals surface area contributed by atoms with Crippen molar-refractivity contribution in [2.75, 3.05) is 13.6 Å². The van der Waals surface area contributed by atoms with E-state index in [0.29, 0.717) is 10.7 Å². The number of carboxylic acids is 1. The number of carbonyl (C=O) groups excluding carboxylic acids is 1. The summed E-state index contributed by atoms with van der Waals surface area (Å²) < 4.78 is 0. The molecule has 2 N–H and O–H groups in total. The molecule has 0 saturated carbocycles. The van der Waals surface area contributed by atoms with Crippen LogP contribution in [0.25, 0.3) is 0 Å². The fourth-order valence-corrected chi connectivity index (χ4v) is 1.23. The summed E-state index contributed by atoms with van der Waals surface area (Å²) in [5.41, 5.74) is 0.355. The number of rotatable bonds is 4. The Bertz CT molecular complexity index is 375. The Hall–Kier alpha value is -1.49. The fraction of sp³-hybridized carbons (Fsp3) is 0.333. The van der Waals surface area contributed by atoms with Gasteiger partial charge in [0.1, 0.15) is 5.69 Å². The Morgan fingerprint density at radius 3 is 2.73 bits per heavy atom. The maximum atomic E-state index is 11.6. The number of hydrogen-bond acceptors (Lipinski definition) is 2. The van der Waals surface area contributed by atoms with E-state index in [1.165, 1.54) is 17.2 Å². The smallest absolute Gasteiger partial charge is 0.305 e. The van der Waals surface area contributed by atoms with E-state index in [1.54, 1.807) is 7.05 Å². The maximum absolute atomic E-state index is 11.6. The lowest BCUT2D eigenvalue weighted by atomic mass is 10.3. The lowest BCUT2D eigenvalue weighted by Gasteiger charge is -2.14. The Morgan fingerprint density at radius 2 is 2.27 bits per heavy atom. The van der Waals surface area contributed by atoms with E-state index in [0.717, 1.165) is 0 Å². The van der Waals surface area contributed by atoms with Gasteiger partial charge in [-0.1, -0.05) is 11.6 Å². The summed E-state index contributed by atoms with van der Waals surface area (Å²) in [5.74, 6) is -1.21. The second kappa shape index (κ2) is 4.84. The van der Waals surface area contributed by atoms with Crippen LogP contribution in [0.2, 0.25) is 5.02 Å². The largest absolute Gasteiger partial charge is 0.481 e. The van der Waals surface area contributed by atoms with Gasteiger partial charge in [0.05, 0.1) is 11.4 Å². The minimum Gasteiger partial charge on any atom is -0.481 e. The monoisotopic (exact) mass is 230 g/mol. The number of carbonyl (C=O) groups is 2. The summed E-state index contributed by atoms with van der Waals surface area (Å²) in [6.45, 7) is 0.171. The van der Waals surface area contributed by atoms with E-state index in [1.807, 2.05) is 0 Å². The van der Waals surface area contributed by atoms with Crippen molar-refractivity contribution >= 4 is 23.5 Å². The van der Waals surface area contributed by atoms with Gasteiger partial charge in [-0.05, 0) is 6.07 Å². The predicted octanol–water partition coefficient (Wildman–Crippen LogP) is 1.21. The van der Waals surface area contributed by atoms with Crippen molar-refractivity contribution in [3.8, 4) is 0 Å². The van der Waals surface area contributed by atoms with Crippen LogP contribution in [0.5, 0.6) is 0 Å². The van der Waals surface area contributed by atoms with Crippen molar-refractivity contribution in [3.05, 3.63) is 23.0 Å². The summed E-state index contributed by atoms with van der Waals surface area (Å²) in [4.78, 5) is 25.9. The highest BCUT2D eigenvalue weighted by Crippen LogP contribution is 2.11. The number of nitrogens with one attached hydrogen (secondary N) is 1. The molecule has 1 rings (SSSR count). The average molecular weight is 231 g/mol. The second-order valence-corrected chi connectivity index (χ2v) is 3.54. The zero-order valence-corrected chi connectivity index (χ0v) is 8.91.